The number of nitrogens with zero attached hydrogens (tertiary/aromatic N) is 1. The average molecular weight is 493 g/mol. The van der Waals surface area contributed by atoms with Gasteiger partial charge in [0.25, 0.3) is 0 Å². The molecular formula is C29H33ClN2O3. The summed E-state index contributed by atoms with van der Waals surface area (Å²) >= 11 is 6.06. The summed E-state index contributed by atoms with van der Waals surface area (Å²) in [5.41, 5.74) is 1.93. The second-order valence-electron chi connectivity index (χ2n) is 8.41. The van der Waals surface area contributed by atoms with Gasteiger partial charge in [0.1, 0.15) is 11.8 Å². The summed E-state index contributed by atoms with van der Waals surface area (Å²) in [5.74, 6) is 0.557. The van der Waals surface area contributed by atoms with E-state index < -0.39 is 6.04 Å². The molecule has 35 heavy (non-hydrogen) atoms. The molecule has 184 valence electrons. The van der Waals surface area contributed by atoms with Gasteiger partial charge >= 0.3 is 0 Å². The molecule has 5 nitrogen and oxygen atoms in total. The Kier molecular flexibility index (Phi) is 10.6. The molecule has 3 aromatic carbocycles. The molecule has 0 aliphatic carbocycles. The van der Waals surface area contributed by atoms with Crippen LogP contribution in [0.3, 0.4) is 0 Å². The highest BCUT2D eigenvalue weighted by Gasteiger charge is 2.30. The van der Waals surface area contributed by atoms with E-state index in [1.54, 1.807) is 17.0 Å². The van der Waals surface area contributed by atoms with Crippen molar-refractivity contribution in [3.63, 3.8) is 0 Å². The number of halogens is 1. The molecule has 1 N–H and O–H groups in total. The van der Waals surface area contributed by atoms with Crippen LogP contribution in [0.15, 0.2) is 84.9 Å². The minimum atomic E-state index is -0.623. The van der Waals surface area contributed by atoms with Gasteiger partial charge in [0.15, 0.2) is 0 Å². The zero-order chi connectivity index (χ0) is 24.9. The van der Waals surface area contributed by atoms with Crippen molar-refractivity contribution in [3.05, 3.63) is 101 Å². The summed E-state index contributed by atoms with van der Waals surface area (Å²) in [6.45, 7) is 3.33. The number of hydrogen-bond acceptors (Lipinski definition) is 3. The zero-order valence-corrected chi connectivity index (χ0v) is 20.9. The minimum Gasteiger partial charge on any atom is -0.494 e. The summed E-state index contributed by atoms with van der Waals surface area (Å²) in [4.78, 5) is 28.5. The van der Waals surface area contributed by atoms with E-state index >= 15 is 0 Å². The van der Waals surface area contributed by atoms with Crippen molar-refractivity contribution in [2.75, 3.05) is 13.2 Å². The monoisotopic (exact) mass is 492 g/mol. The molecule has 3 aromatic rings. The number of ether oxygens (including phenoxy) is 1. The Hall–Kier alpha value is -3.31. The number of para-hydroxylation sites is 1. The van der Waals surface area contributed by atoms with Crippen LogP contribution in [0.1, 0.15) is 37.3 Å². The molecule has 0 aromatic heterocycles. The number of rotatable bonds is 13. The van der Waals surface area contributed by atoms with Crippen molar-refractivity contribution in [1.82, 2.24) is 10.2 Å². The number of benzene rings is 3. The smallest absolute Gasteiger partial charge is 0.243 e. The van der Waals surface area contributed by atoms with Crippen LogP contribution in [-0.4, -0.2) is 35.9 Å². The number of carbonyl (C=O) groups is 2. The van der Waals surface area contributed by atoms with E-state index in [4.69, 9.17) is 16.3 Å². The maximum absolute atomic E-state index is 13.5. The number of hydrogen-bond donors (Lipinski definition) is 1. The maximum atomic E-state index is 13.5. The van der Waals surface area contributed by atoms with E-state index in [-0.39, 0.29) is 18.2 Å². The number of carbonyl (C=O) groups excluding carboxylic acids is 2. The SMILES string of the molecule is CCCNC(=O)[C@H](Cc1ccccc1)N(Cc1ccc(Cl)cc1)C(=O)CCCOc1ccccc1. The highest BCUT2D eigenvalue weighted by molar-refractivity contribution is 6.30. The van der Waals surface area contributed by atoms with Gasteiger partial charge in [0.2, 0.25) is 11.8 Å². The quantitative estimate of drug-likeness (QED) is 0.313. The average Bonchev–Trinajstić information content (AvgIpc) is 2.89. The molecule has 0 radical (unpaired) electrons. The predicted octanol–water partition coefficient (Wildman–Crippen LogP) is 5.67. The molecule has 6 heteroatoms. The third-order valence-corrected chi connectivity index (χ3v) is 5.89. The Labute approximate surface area is 213 Å². The van der Waals surface area contributed by atoms with Crippen molar-refractivity contribution in [3.8, 4) is 5.75 Å². The maximum Gasteiger partial charge on any atom is 0.243 e. The first-order chi connectivity index (χ1) is 17.1. The van der Waals surface area contributed by atoms with E-state index in [2.05, 4.69) is 5.32 Å². The standard InChI is InChI=1S/C29H33ClN2O3/c1-2-19-31-29(34)27(21-23-10-5-3-6-11-23)32(22-24-15-17-25(30)18-16-24)28(33)14-9-20-35-26-12-7-4-8-13-26/h3-8,10-13,15-18,27H,2,9,14,19-22H2,1H3,(H,31,34)/t27-/m0/s1. The molecule has 0 unspecified atom stereocenters. The lowest BCUT2D eigenvalue weighted by molar-refractivity contribution is -0.141. The molecule has 3 rings (SSSR count). The van der Waals surface area contributed by atoms with Crippen molar-refractivity contribution >= 4 is 23.4 Å². The van der Waals surface area contributed by atoms with E-state index in [0.29, 0.717) is 37.6 Å². The molecule has 0 saturated carbocycles. The molecule has 1 atom stereocenters. The predicted molar refractivity (Wildman–Crippen MR) is 140 cm³/mol. The van der Waals surface area contributed by atoms with Gasteiger partial charge < -0.3 is 15.0 Å². The van der Waals surface area contributed by atoms with Gasteiger partial charge in [-0.25, -0.2) is 0 Å². The van der Waals surface area contributed by atoms with Crippen LogP contribution in [0.2, 0.25) is 5.02 Å². The van der Waals surface area contributed by atoms with Crippen LogP contribution in [0, 0.1) is 0 Å². The minimum absolute atomic E-state index is 0.0795. The van der Waals surface area contributed by atoms with Gasteiger partial charge in [-0.15, -0.1) is 0 Å². The van der Waals surface area contributed by atoms with Crippen molar-refractivity contribution in [1.29, 1.82) is 0 Å². The fraction of sp³-hybridized carbons (Fsp3) is 0.310. The second kappa shape index (κ2) is 14.2. The summed E-state index contributed by atoms with van der Waals surface area (Å²) in [6, 6.07) is 26.1. The zero-order valence-electron chi connectivity index (χ0n) is 20.2. The first kappa shape index (κ1) is 26.3. The van der Waals surface area contributed by atoms with E-state index in [9.17, 15) is 9.59 Å². The van der Waals surface area contributed by atoms with Crippen LogP contribution in [0.4, 0.5) is 0 Å². The molecule has 0 fully saturated rings. The Bertz CT molecular complexity index is 1040. The van der Waals surface area contributed by atoms with Crippen LogP contribution in [0.5, 0.6) is 5.75 Å². The molecule has 0 bridgehead atoms. The van der Waals surface area contributed by atoms with Gasteiger partial charge in [0, 0.05) is 31.0 Å². The first-order valence-corrected chi connectivity index (χ1v) is 12.5. The Balaban J connectivity index is 1.77. The fourth-order valence-electron chi connectivity index (χ4n) is 3.78. The van der Waals surface area contributed by atoms with E-state index in [1.165, 1.54) is 0 Å². The van der Waals surface area contributed by atoms with Gasteiger partial charge in [0.05, 0.1) is 6.61 Å². The van der Waals surface area contributed by atoms with Crippen LogP contribution < -0.4 is 10.1 Å². The molecule has 0 heterocycles. The highest BCUT2D eigenvalue weighted by atomic mass is 35.5. The van der Waals surface area contributed by atoms with Crippen molar-refractivity contribution < 1.29 is 14.3 Å². The molecule has 0 spiro atoms. The lowest BCUT2D eigenvalue weighted by Gasteiger charge is -2.31. The summed E-state index contributed by atoms with van der Waals surface area (Å²) in [6.07, 6.45) is 2.11. The second-order valence-corrected chi connectivity index (χ2v) is 8.85. The van der Waals surface area contributed by atoms with Gasteiger partial charge in [-0.3, -0.25) is 9.59 Å². The number of amides is 2. The molecule has 0 aliphatic heterocycles. The lowest BCUT2D eigenvalue weighted by Crippen LogP contribution is -2.50. The summed E-state index contributed by atoms with van der Waals surface area (Å²) in [5, 5.41) is 3.62. The lowest BCUT2D eigenvalue weighted by atomic mass is 10.0. The molecule has 0 saturated heterocycles. The van der Waals surface area contributed by atoms with Gasteiger partial charge in [-0.2, -0.15) is 0 Å². The van der Waals surface area contributed by atoms with Gasteiger partial charge in [-0.1, -0.05) is 79.2 Å². The molecule has 0 aliphatic rings. The molecule has 2 amide bonds. The largest absolute Gasteiger partial charge is 0.494 e. The first-order valence-electron chi connectivity index (χ1n) is 12.1. The Morgan fingerprint density at radius 1 is 0.914 bits per heavy atom. The van der Waals surface area contributed by atoms with Crippen LogP contribution in [0.25, 0.3) is 0 Å². The van der Waals surface area contributed by atoms with Crippen molar-refractivity contribution in [2.45, 2.75) is 45.2 Å². The number of nitrogens with one attached hydrogen (secondary N) is 1. The molecular weight excluding hydrogens is 460 g/mol. The fourth-order valence-corrected chi connectivity index (χ4v) is 3.91. The van der Waals surface area contributed by atoms with Crippen molar-refractivity contribution in [2.24, 2.45) is 0 Å². The van der Waals surface area contributed by atoms with E-state index in [1.807, 2.05) is 79.7 Å². The van der Waals surface area contributed by atoms with E-state index in [0.717, 1.165) is 23.3 Å². The summed E-state index contributed by atoms with van der Waals surface area (Å²) < 4.78 is 5.76. The third kappa shape index (κ3) is 8.76. The van der Waals surface area contributed by atoms with Crippen LogP contribution >= 0.6 is 11.6 Å². The van der Waals surface area contributed by atoms with Crippen LogP contribution in [-0.2, 0) is 22.6 Å². The highest BCUT2D eigenvalue weighted by Crippen LogP contribution is 2.18. The topological polar surface area (TPSA) is 58.6 Å². The Morgan fingerprint density at radius 2 is 1.57 bits per heavy atom. The van der Waals surface area contributed by atoms with Gasteiger partial charge in [-0.05, 0) is 48.2 Å². The third-order valence-electron chi connectivity index (χ3n) is 5.63. The summed E-state index contributed by atoms with van der Waals surface area (Å²) in [7, 11) is 0. The normalized spacial score (nSPS) is 11.5. The Morgan fingerprint density at radius 3 is 2.23 bits per heavy atom.